The summed E-state index contributed by atoms with van der Waals surface area (Å²) in [6.45, 7) is 3.47. The van der Waals surface area contributed by atoms with E-state index in [4.69, 9.17) is 8.92 Å². The van der Waals surface area contributed by atoms with Crippen LogP contribution in [0.1, 0.15) is 18.9 Å². The number of hydrogen-bond donors (Lipinski definition) is 1. The number of halogens is 1. The van der Waals surface area contributed by atoms with Crippen molar-refractivity contribution in [3.05, 3.63) is 53.8 Å². The molecule has 2 aromatic carbocycles. The first-order valence-corrected chi connectivity index (χ1v) is 8.37. The van der Waals surface area contributed by atoms with Crippen molar-refractivity contribution < 1.29 is 26.8 Å². The van der Waals surface area contributed by atoms with E-state index in [0.717, 1.165) is 12.1 Å². The molecule has 7 heteroatoms. The van der Waals surface area contributed by atoms with Crippen molar-refractivity contribution in [2.45, 2.75) is 31.5 Å². The van der Waals surface area contributed by atoms with Crippen molar-refractivity contribution >= 4 is 10.1 Å². The Kier molecular flexibility index (Phi) is 5.23. The molecule has 0 radical (unpaired) electrons. The van der Waals surface area contributed by atoms with Crippen LogP contribution in [0.25, 0.3) is 0 Å². The van der Waals surface area contributed by atoms with Crippen LogP contribution in [0.2, 0.25) is 0 Å². The van der Waals surface area contributed by atoms with Crippen LogP contribution in [0.3, 0.4) is 0 Å². The summed E-state index contributed by atoms with van der Waals surface area (Å²) in [6.07, 6.45) is -0.615. The highest BCUT2D eigenvalue weighted by molar-refractivity contribution is 7.87. The number of aliphatic hydroxyl groups excluding tert-OH is 1. The second kappa shape index (κ2) is 6.97. The van der Waals surface area contributed by atoms with Crippen molar-refractivity contribution in [3.8, 4) is 11.5 Å². The molecule has 0 aliphatic rings. The van der Waals surface area contributed by atoms with Crippen LogP contribution in [0.5, 0.6) is 11.5 Å². The molecule has 0 saturated carbocycles. The maximum absolute atomic E-state index is 13.2. The van der Waals surface area contributed by atoms with Gasteiger partial charge in [-0.05, 0) is 42.8 Å². The molecule has 0 heterocycles. The van der Waals surface area contributed by atoms with Gasteiger partial charge in [0, 0.05) is 12.5 Å². The lowest BCUT2D eigenvalue weighted by molar-refractivity contribution is -0.0192. The van der Waals surface area contributed by atoms with E-state index in [1.165, 1.54) is 24.3 Å². The Morgan fingerprint density at radius 3 is 2.52 bits per heavy atom. The van der Waals surface area contributed by atoms with Crippen molar-refractivity contribution in [2.75, 3.05) is 0 Å². The molecule has 0 bridgehead atoms. The summed E-state index contributed by atoms with van der Waals surface area (Å²) in [5, 5.41) is 9.51. The topological polar surface area (TPSA) is 72.8 Å². The van der Waals surface area contributed by atoms with Crippen LogP contribution in [-0.4, -0.2) is 19.8 Å². The summed E-state index contributed by atoms with van der Waals surface area (Å²) in [4.78, 5) is -0.282. The van der Waals surface area contributed by atoms with Crippen molar-refractivity contribution in [2.24, 2.45) is 0 Å². The molecule has 0 saturated heterocycles. The lowest BCUT2D eigenvalue weighted by Gasteiger charge is -2.14. The van der Waals surface area contributed by atoms with E-state index >= 15 is 0 Å². The average Bonchev–Trinajstić information content (AvgIpc) is 2.46. The van der Waals surface area contributed by atoms with E-state index in [2.05, 4.69) is 0 Å². The third-order valence-electron chi connectivity index (χ3n) is 2.94. The molecular formula is C16H17FO5S. The second-order valence-electron chi connectivity index (χ2n) is 4.96. The number of aliphatic hydroxyl groups is 1. The first-order valence-electron chi connectivity index (χ1n) is 6.96. The third kappa shape index (κ3) is 4.67. The van der Waals surface area contributed by atoms with Gasteiger partial charge in [-0.15, -0.1) is 0 Å². The number of benzene rings is 2. The van der Waals surface area contributed by atoms with Gasteiger partial charge in [-0.3, -0.25) is 0 Å². The van der Waals surface area contributed by atoms with E-state index in [1.54, 1.807) is 19.9 Å². The second-order valence-corrected chi connectivity index (χ2v) is 6.50. The van der Waals surface area contributed by atoms with Crippen molar-refractivity contribution in [3.63, 3.8) is 0 Å². The minimum atomic E-state index is -4.16. The summed E-state index contributed by atoms with van der Waals surface area (Å²) >= 11 is 0. The molecular weight excluding hydrogens is 323 g/mol. The molecule has 23 heavy (non-hydrogen) atoms. The van der Waals surface area contributed by atoms with Gasteiger partial charge in [0.2, 0.25) is 0 Å². The Labute approximate surface area is 134 Å². The molecule has 0 amide bonds. The highest BCUT2D eigenvalue weighted by Crippen LogP contribution is 2.26. The molecule has 1 N–H and O–H groups in total. The molecule has 5 nitrogen and oxygen atoms in total. The van der Waals surface area contributed by atoms with E-state index in [9.17, 15) is 17.9 Å². The summed E-state index contributed by atoms with van der Waals surface area (Å²) in [6, 6.07) is 9.04. The molecule has 1 atom stereocenters. The fourth-order valence-electron chi connectivity index (χ4n) is 1.87. The zero-order chi connectivity index (χ0) is 17.0. The number of aryl methyl sites for hydroxylation is 1. The van der Waals surface area contributed by atoms with Gasteiger partial charge in [-0.25, -0.2) is 4.39 Å². The van der Waals surface area contributed by atoms with E-state index in [-0.39, 0.29) is 16.4 Å². The standard InChI is InChI=1S/C16H17FO5S/c1-3-16(18)21-13-7-11(2)8-14(10-13)22-23(19,20)15-6-4-5-12(17)9-15/h4-10,16,18H,3H2,1-2H3. The monoisotopic (exact) mass is 340 g/mol. The summed E-state index contributed by atoms with van der Waals surface area (Å²) in [5.41, 5.74) is 0.690. The molecule has 0 fully saturated rings. The van der Waals surface area contributed by atoms with E-state index in [0.29, 0.717) is 12.0 Å². The first kappa shape index (κ1) is 17.2. The number of ether oxygens (including phenoxy) is 1. The van der Waals surface area contributed by atoms with Gasteiger partial charge >= 0.3 is 10.1 Å². The fraction of sp³-hybridized carbons (Fsp3) is 0.250. The molecule has 1 unspecified atom stereocenters. The lowest BCUT2D eigenvalue weighted by atomic mass is 10.2. The maximum atomic E-state index is 13.2. The van der Waals surface area contributed by atoms with Gasteiger partial charge in [-0.2, -0.15) is 8.42 Å². The van der Waals surface area contributed by atoms with Crippen molar-refractivity contribution in [1.82, 2.24) is 0 Å². The Bertz CT molecular complexity index is 789. The van der Waals surface area contributed by atoms with Gasteiger partial charge in [0.1, 0.15) is 22.2 Å². The van der Waals surface area contributed by atoms with Gasteiger partial charge in [0.05, 0.1) is 0 Å². The normalized spacial score (nSPS) is 12.7. The molecule has 0 aliphatic carbocycles. The Balaban J connectivity index is 2.28. The zero-order valence-electron chi connectivity index (χ0n) is 12.7. The molecule has 2 rings (SSSR count). The number of hydrogen-bond acceptors (Lipinski definition) is 5. The van der Waals surface area contributed by atoms with Crippen LogP contribution in [-0.2, 0) is 10.1 Å². The molecule has 0 spiro atoms. The minimum absolute atomic E-state index is 0.0209. The SMILES string of the molecule is CCC(O)Oc1cc(C)cc(OS(=O)(=O)c2cccc(F)c2)c1. The molecule has 124 valence electrons. The quantitative estimate of drug-likeness (QED) is 0.646. The Hall–Kier alpha value is -2.12. The van der Waals surface area contributed by atoms with Crippen LogP contribution < -0.4 is 8.92 Å². The van der Waals surface area contributed by atoms with Crippen LogP contribution in [0.15, 0.2) is 47.4 Å². The van der Waals surface area contributed by atoms with Crippen molar-refractivity contribution in [1.29, 1.82) is 0 Å². The minimum Gasteiger partial charge on any atom is -0.465 e. The Morgan fingerprint density at radius 2 is 1.87 bits per heavy atom. The first-order chi connectivity index (χ1) is 10.8. The zero-order valence-corrected chi connectivity index (χ0v) is 13.5. The van der Waals surface area contributed by atoms with Crippen LogP contribution in [0.4, 0.5) is 4.39 Å². The lowest BCUT2D eigenvalue weighted by Crippen LogP contribution is -2.14. The predicted molar refractivity (Wildman–Crippen MR) is 82.3 cm³/mol. The van der Waals surface area contributed by atoms with E-state index in [1.807, 2.05) is 0 Å². The third-order valence-corrected chi connectivity index (χ3v) is 4.18. The largest absolute Gasteiger partial charge is 0.465 e. The smallest absolute Gasteiger partial charge is 0.339 e. The fourth-order valence-corrected chi connectivity index (χ4v) is 2.82. The highest BCUT2D eigenvalue weighted by atomic mass is 32.2. The maximum Gasteiger partial charge on any atom is 0.339 e. The van der Waals surface area contributed by atoms with Gasteiger partial charge in [0.15, 0.2) is 6.29 Å². The molecule has 2 aromatic rings. The van der Waals surface area contributed by atoms with Gasteiger partial charge in [-0.1, -0.05) is 13.0 Å². The van der Waals surface area contributed by atoms with Gasteiger partial charge in [0.25, 0.3) is 0 Å². The summed E-state index contributed by atoms with van der Waals surface area (Å²) in [7, 11) is -4.16. The van der Waals surface area contributed by atoms with Crippen LogP contribution in [0, 0.1) is 12.7 Å². The predicted octanol–water partition coefficient (Wildman–Crippen LogP) is 3.01. The Morgan fingerprint density at radius 1 is 1.17 bits per heavy atom. The summed E-state index contributed by atoms with van der Waals surface area (Å²) in [5.74, 6) is -0.370. The molecule has 0 aliphatic heterocycles. The van der Waals surface area contributed by atoms with E-state index < -0.39 is 22.2 Å². The van der Waals surface area contributed by atoms with Gasteiger partial charge < -0.3 is 14.0 Å². The molecule has 0 aromatic heterocycles. The van der Waals surface area contributed by atoms with Crippen LogP contribution >= 0.6 is 0 Å². The summed E-state index contributed by atoms with van der Waals surface area (Å²) < 4.78 is 47.8. The highest BCUT2D eigenvalue weighted by Gasteiger charge is 2.18. The average molecular weight is 340 g/mol. The number of rotatable bonds is 6.